The lowest BCUT2D eigenvalue weighted by atomic mass is 10.1. The molecule has 0 aliphatic rings. The highest BCUT2D eigenvalue weighted by molar-refractivity contribution is 8.00. The molecule has 0 aromatic carbocycles. The van der Waals surface area contributed by atoms with Crippen molar-refractivity contribution in [3.63, 3.8) is 0 Å². The highest BCUT2D eigenvalue weighted by atomic mass is 32.2. The van der Waals surface area contributed by atoms with Crippen molar-refractivity contribution in [1.29, 1.82) is 5.26 Å². The van der Waals surface area contributed by atoms with Gasteiger partial charge in [0.05, 0.1) is 11.3 Å². The van der Waals surface area contributed by atoms with Gasteiger partial charge in [0, 0.05) is 0 Å². The summed E-state index contributed by atoms with van der Waals surface area (Å²) in [5.74, 6) is 1.60. The fourth-order valence-corrected chi connectivity index (χ4v) is 1.57. The summed E-state index contributed by atoms with van der Waals surface area (Å²) in [5, 5.41) is 8.85. The molecule has 0 aromatic rings. The van der Waals surface area contributed by atoms with Crippen molar-refractivity contribution in [2.45, 2.75) is 32.4 Å². The molecule has 0 heterocycles. The minimum absolute atomic E-state index is 0.194. The van der Waals surface area contributed by atoms with E-state index < -0.39 is 0 Å². The van der Waals surface area contributed by atoms with Crippen LogP contribution in [0.5, 0.6) is 0 Å². The van der Waals surface area contributed by atoms with Crippen LogP contribution in [0.3, 0.4) is 0 Å². The molecule has 0 aliphatic heterocycles. The molecule has 1 atom stereocenters. The summed E-state index contributed by atoms with van der Waals surface area (Å²) in [5.41, 5.74) is 0. The van der Waals surface area contributed by atoms with Gasteiger partial charge >= 0.3 is 0 Å². The highest BCUT2D eigenvalue weighted by Gasteiger charge is 2.10. The molecule has 0 aromatic heterocycles. The van der Waals surface area contributed by atoms with Gasteiger partial charge in [-0.05, 0) is 18.1 Å². The summed E-state index contributed by atoms with van der Waals surface area (Å²) >= 11 is 1.77. The lowest BCUT2D eigenvalue weighted by Gasteiger charge is -2.10. The third kappa shape index (κ3) is 3.79. The zero-order valence-electron chi connectivity index (χ0n) is 6.92. The fourth-order valence-electron chi connectivity index (χ4n) is 0.624. The number of nitriles is 1. The third-order valence-corrected chi connectivity index (χ3v) is 2.89. The second kappa shape index (κ2) is 5.61. The average molecular weight is 157 g/mol. The lowest BCUT2D eigenvalue weighted by molar-refractivity contribution is 0.685. The Balaban J connectivity index is 3.53. The van der Waals surface area contributed by atoms with E-state index in [4.69, 9.17) is 5.26 Å². The smallest absolute Gasteiger partial charge is 0.0939 e. The fraction of sp³-hybridized carbons (Fsp3) is 0.875. The van der Waals surface area contributed by atoms with Gasteiger partial charge in [0.2, 0.25) is 0 Å². The second-order valence-corrected chi connectivity index (χ2v) is 3.91. The van der Waals surface area contributed by atoms with E-state index in [9.17, 15) is 0 Å². The van der Waals surface area contributed by atoms with Gasteiger partial charge in [0.25, 0.3) is 0 Å². The van der Waals surface area contributed by atoms with E-state index in [1.165, 1.54) is 0 Å². The maximum absolute atomic E-state index is 8.65. The molecule has 0 spiro atoms. The van der Waals surface area contributed by atoms with Crippen LogP contribution in [0.4, 0.5) is 0 Å². The molecule has 0 rings (SSSR count). The zero-order valence-corrected chi connectivity index (χ0v) is 7.74. The topological polar surface area (TPSA) is 23.8 Å². The Labute approximate surface area is 67.8 Å². The highest BCUT2D eigenvalue weighted by Crippen LogP contribution is 2.18. The normalized spacial score (nSPS) is 13.1. The Bertz CT molecular complexity index is 115. The summed E-state index contributed by atoms with van der Waals surface area (Å²) in [6.45, 7) is 6.33. The standard InChI is InChI=1S/C8H15NS/c1-4-5-10-8(6-9)7(2)3/h7-8H,4-5H2,1-3H3. The first-order valence-electron chi connectivity index (χ1n) is 3.73. The third-order valence-electron chi connectivity index (χ3n) is 1.23. The summed E-state index contributed by atoms with van der Waals surface area (Å²) < 4.78 is 0. The molecule has 0 saturated carbocycles. The Morgan fingerprint density at radius 1 is 1.50 bits per heavy atom. The van der Waals surface area contributed by atoms with E-state index in [0.29, 0.717) is 5.92 Å². The predicted octanol–water partition coefficient (Wildman–Crippen LogP) is 2.68. The molecule has 1 unspecified atom stereocenters. The number of hydrogen-bond acceptors (Lipinski definition) is 2. The molecule has 0 radical (unpaired) electrons. The number of thioether (sulfide) groups is 1. The van der Waals surface area contributed by atoms with Crippen molar-refractivity contribution < 1.29 is 0 Å². The number of nitrogens with zero attached hydrogens (tertiary/aromatic N) is 1. The van der Waals surface area contributed by atoms with Crippen molar-refractivity contribution >= 4 is 11.8 Å². The number of rotatable bonds is 4. The molecule has 0 fully saturated rings. The van der Waals surface area contributed by atoms with Crippen LogP contribution in [0.1, 0.15) is 27.2 Å². The van der Waals surface area contributed by atoms with E-state index in [0.717, 1.165) is 12.2 Å². The van der Waals surface area contributed by atoms with Crippen LogP contribution in [0.2, 0.25) is 0 Å². The Hall–Kier alpha value is -0.160. The van der Waals surface area contributed by atoms with Crippen LogP contribution >= 0.6 is 11.8 Å². The number of hydrogen-bond donors (Lipinski definition) is 0. The largest absolute Gasteiger partial charge is 0.197 e. The Morgan fingerprint density at radius 3 is 2.40 bits per heavy atom. The first-order chi connectivity index (χ1) is 4.72. The summed E-state index contributed by atoms with van der Waals surface area (Å²) in [4.78, 5) is 0. The molecule has 10 heavy (non-hydrogen) atoms. The summed E-state index contributed by atoms with van der Waals surface area (Å²) in [7, 11) is 0. The maximum atomic E-state index is 8.65. The van der Waals surface area contributed by atoms with Gasteiger partial charge in [-0.25, -0.2) is 0 Å². The van der Waals surface area contributed by atoms with E-state index in [-0.39, 0.29) is 5.25 Å². The van der Waals surface area contributed by atoms with Crippen LogP contribution < -0.4 is 0 Å². The maximum Gasteiger partial charge on any atom is 0.0939 e. The summed E-state index contributed by atoms with van der Waals surface area (Å²) in [6, 6.07) is 2.30. The molecule has 58 valence electrons. The molecule has 0 saturated heterocycles. The van der Waals surface area contributed by atoms with Crippen molar-refractivity contribution in [3.05, 3.63) is 0 Å². The van der Waals surface area contributed by atoms with E-state index in [1.807, 2.05) is 0 Å². The molecular weight excluding hydrogens is 142 g/mol. The van der Waals surface area contributed by atoms with Gasteiger partial charge in [-0.1, -0.05) is 20.8 Å². The Morgan fingerprint density at radius 2 is 2.10 bits per heavy atom. The van der Waals surface area contributed by atoms with Crippen LogP contribution in [0.15, 0.2) is 0 Å². The van der Waals surface area contributed by atoms with Gasteiger partial charge in [0.1, 0.15) is 0 Å². The van der Waals surface area contributed by atoms with Crippen molar-refractivity contribution in [2.24, 2.45) is 5.92 Å². The van der Waals surface area contributed by atoms with Crippen molar-refractivity contribution in [2.75, 3.05) is 5.75 Å². The van der Waals surface area contributed by atoms with Gasteiger partial charge in [-0.15, -0.1) is 11.8 Å². The average Bonchev–Trinajstić information content (AvgIpc) is 1.89. The molecule has 1 nitrogen and oxygen atoms in total. The molecule has 2 heteroatoms. The molecule has 0 bridgehead atoms. The van der Waals surface area contributed by atoms with E-state index >= 15 is 0 Å². The van der Waals surface area contributed by atoms with Crippen LogP contribution in [-0.4, -0.2) is 11.0 Å². The monoisotopic (exact) mass is 157 g/mol. The first kappa shape index (κ1) is 9.84. The molecule has 0 amide bonds. The SMILES string of the molecule is CCCSC(C#N)C(C)C. The molecule has 0 N–H and O–H groups in total. The van der Waals surface area contributed by atoms with Crippen LogP contribution in [0, 0.1) is 17.2 Å². The van der Waals surface area contributed by atoms with Gasteiger partial charge in [0.15, 0.2) is 0 Å². The van der Waals surface area contributed by atoms with Gasteiger partial charge < -0.3 is 0 Å². The summed E-state index contributed by atoms with van der Waals surface area (Å²) in [6.07, 6.45) is 1.16. The van der Waals surface area contributed by atoms with Crippen LogP contribution in [0.25, 0.3) is 0 Å². The molecule has 0 aliphatic carbocycles. The Kier molecular flexibility index (Phi) is 5.52. The predicted molar refractivity (Wildman–Crippen MR) is 47.0 cm³/mol. The van der Waals surface area contributed by atoms with Crippen LogP contribution in [-0.2, 0) is 0 Å². The quantitative estimate of drug-likeness (QED) is 0.626. The minimum Gasteiger partial charge on any atom is -0.197 e. The van der Waals surface area contributed by atoms with Crippen molar-refractivity contribution in [1.82, 2.24) is 0 Å². The van der Waals surface area contributed by atoms with Crippen molar-refractivity contribution in [3.8, 4) is 6.07 Å². The lowest BCUT2D eigenvalue weighted by Crippen LogP contribution is -2.08. The van der Waals surface area contributed by atoms with Gasteiger partial charge in [-0.2, -0.15) is 5.26 Å². The van der Waals surface area contributed by atoms with Gasteiger partial charge in [-0.3, -0.25) is 0 Å². The second-order valence-electron chi connectivity index (χ2n) is 2.66. The molecular formula is C8H15NS. The zero-order chi connectivity index (χ0) is 7.98. The minimum atomic E-state index is 0.194. The first-order valence-corrected chi connectivity index (χ1v) is 4.78. The van der Waals surface area contributed by atoms with E-state index in [1.54, 1.807) is 11.8 Å². The van der Waals surface area contributed by atoms with E-state index in [2.05, 4.69) is 26.8 Å².